The highest BCUT2D eigenvalue weighted by Crippen LogP contribution is 2.17. The van der Waals surface area contributed by atoms with E-state index in [1.54, 1.807) is 6.92 Å². The van der Waals surface area contributed by atoms with Crippen molar-refractivity contribution in [3.8, 4) is 5.75 Å². The number of benzene rings is 1. The molecule has 1 atom stereocenters. The maximum absolute atomic E-state index is 11.5. The fourth-order valence-corrected chi connectivity index (χ4v) is 1.43. The average molecular weight is 238 g/mol. The van der Waals surface area contributed by atoms with E-state index in [0.29, 0.717) is 6.61 Å². The second kappa shape index (κ2) is 6.25. The van der Waals surface area contributed by atoms with E-state index < -0.39 is 6.04 Å². The molecule has 0 aliphatic heterocycles. The molecular weight excluding hydrogens is 218 g/mol. The van der Waals surface area contributed by atoms with Gasteiger partial charge in [0.15, 0.2) is 0 Å². The summed E-state index contributed by atoms with van der Waals surface area (Å²) in [7, 11) is 0. The Balaban J connectivity index is 2.70. The molecule has 1 rings (SSSR count). The molecule has 0 fully saturated rings. The lowest BCUT2D eigenvalue weighted by atomic mass is 10.1. The van der Waals surface area contributed by atoms with Gasteiger partial charge in [0.25, 0.3) is 0 Å². The zero-order valence-electron chi connectivity index (χ0n) is 10.6. The largest absolute Gasteiger partial charge is 0.491 e. The van der Waals surface area contributed by atoms with Gasteiger partial charge >= 0.3 is 5.97 Å². The molecule has 0 unspecified atom stereocenters. The summed E-state index contributed by atoms with van der Waals surface area (Å²) in [6.07, 6.45) is 0.140. The van der Waals surface area contributed by atoms with E-state index >= 15 is 0 Å². The van der Waals surface area contributed by atoms with Crippen molar-refractivity contribution in [2.24, 2.45) is 0 Å². The molecule has 0 saturated carbocycles. The van der Waals surface area contributed by atoms with Crippen molar-refractivity contribution >= 4 is 5.97 Å². The summed E-state index contributed by atoms with van der Waals surface area (Å²) in [5.41, 5.74) is 4.63. The molecule has 0 aliphatic carbocycles. The summed E-state index contributed by atoms with van der Waals surface area (Å²) in [5.74, 6) is 0.491. The Morgan fingerprint density at radius 1 is 1.29 bits per heavy atom. The Hall–Kier alpha value is -1.55. The molecule has 0 radical (unpaired) electrons. The van der Waals surface area contributed by atoms with Gasteiger partial charge in [-0.1, -0.05) is 0 Å². The van der Waals surface area contributed by atoms with Gasteiger partial charge in [-0.2, -0.15) is 0 Å². The summed E-state index contributed by atoms with van der Waals surface area (Å²) in [6, 6.07) is 6.88. The van der Waals surface area contributed by atoms with Gasteiger partial charge in [0.2, 0.25) is 6.04 Å². The van der Waals surface area contributed by atoms with Crippen LogP contribution in [0.15, 0.2) is 24.3 Å². The Labute approximate surface area is 102 Å². The summed E-state index contributed by atoms with van der Waals surface area (Å²) < 4.78 is 10.4. The maximum Gasteiger partial charge on any atom is 0.369 e. The van der Waals surface area contributed by atoms with Gasteiger partial charge in [0.1, 0.15) is 5.75 Å². The molecule has 3 N–H and O–H groups in total. The third kappa shape index (κ3) is 4.07. The van der Waals surface area contributed by atoms with Crippen molar-refractivity contribution in [1.82, 2.24) is 0 Å². The predicted octanol–water partition coefficient (Wildman–Crippen LogP) is 1.32. The molecule has 4 nitrogen and oxygen atoms in total. The molecule has 0 saturated heterocycles. The lowest BCUT2D eigenvalue weighted by Gasteiger charge is -2.11. The first kappa shape index (κ1) is 13.5. The van der Waals surface area contributed by atoms with E-state index in [4.69, 9.17) is 9.47 Å². The quantitative estimate of drug-likeness (QED) is 0.787. The first-order valence-electron chi connectivity index (χ1n) is 5.81. The van der Waals surface area contributed by atoms with E-state index in [-0.39, 0.29) is 12.1 Å². The molecule has 4 heteroatoms. The van der Waals surface area contributed by atoms with Crippen molar-refractivity contribution in [1.29, 1.82) is 0 Å². The monoisotopic (exact) mass is 238 g/mol. The van der Waals surface area contributed by atoms with E-state index in [1.165, 1.54) is 0 Å². The molecule has 0 spiro atoms. The summed E-state index contributed by atoms with van der Waals surface area (Å²) >= 11 is 0. The van der Waals surface area contributed by atoms with Gasteiger partial charge in [0.05, 0.1) is 12.7 Å². The smallest absolute Gasteiger partial charge is 0.369 e. The van der Waals surface area contributed by atoms with Crippen LogP contribution in [0, 0.1) is 0 Å². The van der Waals surface area contributed by atoms with Gasteiger partial charge < -0.3 is 15.2 Å². The van der Waals surface area contributed by atoms with Crippen LogP contribution in [0.5, 0.6) is 5.75 Å². The predicted molar refractivity (Wildman–Crippen MR) is 64.5 cm³/mol. The van der Waals surface area contributed by atoms with Gasteiger partial charge in [-0.15, -0.1) is 0 Å². The normalized spacial score (nSPS) is 12.3. The maximum atomic E-state index is 11.5. The zero-order chi connectivity index (χ0) is 12.8. The lowest BCUT2D eigenvalue weighted by molar-refractivity contribution is -0.414. The van der Waals surface area contributed by atoms with Crippen molar-refractivity contribution in [2.75, 3.05) is 6.61 Å². The van der Waals surface area contributed by atoms with Crippen LogP contribution < -0.4 is 10.5 Å². The molecule has 94 valence electrons. The van der Waals surface area contributed by atoms with Crippen LogP contribution in [0.25, 0.3) is 0 Å². The van der Waals surface area contributed by atoms with Crippen molar-refractivity contribution < 1.29 is 20.0 Å². The van der Waals surface area contributed by atoms with Crippen LogP contribution in [0.4, 0.5) is 0 Å². The SMILES string of the molecule is CCOC(=O)[C@@H]([NH3+])c1ccc(OC(C)C)cc1. The fourth-order valence-electron chi connectivity index (χ4n) is 1.43. The van der Waals surface area contributed by atoms with Crippen molar-refractivity contribution in [3.63, 3.8) is 0 Å². The van der Waals surface area contributed by atoms with Gasteiger partial charge in [-0.05, 0) is 45.0 Å². The third-order valence-corrected chi connectivity index (χ3v) is 2.23. The van der Waals surface area contributed by atoms with Crippen molar-refractivity contribution in [2.45, 2.75) is 32.9 Å². The second-order valence-corrected chi connectivity index (χ2v) is 4.04. The second-order valence-electron chi connectivity index (χ2n) is 4.04. The summed E-state index contributed by atoms with van der Waals surface area (Å²) in [6.45, 7) is 6.09. The fraction of sp³-hybridized carbons (Fsp3) is 0.462. The first-order chi connectivity index (χ1) is 8.04. The number of quaternary nitrogens is 1. The highest BCUT2D eigenvalue weighted by molar-refractivity contribution is 5.75. The number of rotatable bonds is 5. The van der Waals surface area contributed by atoms with Crippen LogP contribution in [0.1, 0.15) is 32.4 Å². The highest BCUT2D eigenvalue weighted by atomic mass is 16.5. The van der Waals surface area contributed by atoms with Gasteiger partial charge in [-0.3, -0.25) is 0 Å². The Bertz CT molecular complexity index is 359. The lowest BCUT2D eigenvalue weighted by Crippen LogP contribution is -2.57. The molecule has 0 amide bonds. The van der Waals surface area contributed by atoms with E-state index in [2.05, 4.69) is 5.73 Å². The zero-order valence-corrected chi connectivity index (χ0v) is 10.6. The number of ether oxygens (including phenoxy) is 2. The summed E-state index contributed by atoms with van der Waals surface area (Å²) in [4.78, 5) is 11.5. The minimum atomic E-state index is -0.483. The van der Waals surface area contributed by atoms with Crippen LogP contribution >= 0.6 is 0 Å². The van der Waals surface area contributed by atoms with E-state index in [0.717, 1.165) is 11.3 Å². The number of carbonyl (C=O) groups excluding carboxylic acids is 1. The Kier molecular flexibility index (Phi) is 4.97. The molecule has 0 aliphatic rings. The molecular formula is C13H20NO3+. The van der Waals surface area contributed by atoms with Gasteiger partial charge in [0, 0.05) is 5.56 Å². The number of esters is 1. The Morgan fingerprint density at radius 3 is 2.35 bits per heavy atom. The van der Waals surface area contributed by atoms with E-state index in [9.17, 15) is 4.79 Å². The van der Waals surface area contributed by atoms with Crippen LogP contribution in [0.3, 0.4) is 0 Å². The molecule has 0 bridgehead atoms. The van der Waals surface area contributed by atoms with E-state index in [1.807, 2.05) is 38.1 Å². The highest BCUT2D eigenvalue weighted by Gasteiger charge is 2.20. The van der Waals surface area contributed by atoms with Gasteiger partial charge in [-0.25, -0.2) is 4.79 Å². The first-order valence-corrected chi connectivity index (χ1v) is 5.81. The number of carbonyl (C=O) groups is 1. The molecule has 1 aromatic carbocycles. The molecule has 0 aromatic heterocycles. The van der Waals surface area contributed by atoms with Crippen LogP contribution in [-0.2, 0) is 9.53 Å². The molecule has 17 heavy (non-hydrogen) atoms. The summed E-state index contributed by atoms with van der Waals surface area (Å²) in [5, 5.41) is 0. The average Bonchev–Trinajstić information content (AvgIpc) is 2.28. The number of hydrogen-bond acceptors (Lipinski definition) is 3. The topological polar surface area (TPSA) is 63.2 Å². The van der Waals surface area contributed by atoms with Crippen molar-refractivity contribution in [3.05, 3.63) is 29.8 Å². The minimum absolute atomic E-state index is 0.140. The standard InChI is InChI=1S/C13H19NO3/c1-4-16-13(15)12(14)10-5-7-11(8-6-10)17-9(2)3/h5-9,12H,4,14H2,1-3H3/p+1/t12-/m0/s1. The molecule has 1 aromatic rings. The minimum Gasteiger partial charge on any atom is -0.491 e. The van der Waals surface area contributed by atoms with Crippen LogP contribution in [0.2, 0.25) is 0 Å². The third-order valence-electron chi connectivity index (χ3n) is 2.23. The van der Waals surface area contributed by atoms with Crippen LogP contribution in [-0.4, -0.2) is 18.7 Å². The molecule has 0 heterocycles. The number of hydrogen-bond donors (Lipinski definition) is 1. The Morgan fingerprint density at radius 2 is 1.88 bits per heavy atom.